The van der Waals surface area contributed by atoms with Crippen LogP contribution in [0.3, 0.4) is 0 Å². The molecule has 152 valence electrons. The van der Waals surface area contributed by atoms with Gasteiger partial charge in [0, 0.05) is 0 Å². The summed E-state index contributed by atoms with van der Waals surface area (Å²) in [5, 5.41) is 0. The van der Waals surface area contributed by atoms with E-state index in [0.29, 0.717) is 5.92 Å². The first-order chi connectivity index (χ1) is 13.2. The molecule has 0 saturated heterocycles. The summed E-state index contributed by atoms with van der Waals surface area (Å²) >= 11 is 0. The minimum atomic E-state index is 0.0258. The summed E-state index contributed by atoms with van der Waals surface area (Å²) in [5.74, 6) is 3.57. The van der Waals surface area contributed by atoms with Crippen molar-refractivity contribution >= 4 is 0 Å². The van der Waals surface area contributed by atoms with Gasteiger partial charge in [0.15, 0.2) is 0 Å². The summed E-state index contributed by atoms with van der Waals surface area (Å²) in [6, 6.07) is 6.10. The Balaban J connectivity index is 1.43. The zero-order valence-corrected chi connectivity index (χ0v) is 17.8. The van der Waals surface area contributed by atoms with Crippen LogP contribution in [-0.2, 0) is 6.42 Å². The Kier molecular flexibility index (Phi) is 8.22. The molecule has 3 rings (SSSR count). The zero-order valence-electron chi connectivity index (χ0n) is 17.8. The number of rotatable bonds is 8. The predicted molar refractivity (Wildman–Crippen MR) is 115 cm³/mol. The van der Waals surface area contributed by atoms with Crippen LogP contribution >= 0.6 is 0 Å². The lowest BCUT2D eigenvalue weighted by Gasteiger charge is -2.38. The Morgan fingerprint density at radius 1 is 0.815 bits per heavy atom. The molecule has 0 bridgehead atoms. The van der Waals surface area contributed by atoms with E-state index in [9.17, 15) is 4.39 Å². The highest BCUT2D eigenvalue weighted by molar-refractivity contribution is 5.27. The molecule has 27 heavy (non-hydrogen) atoms. The van der Waals surface area contributed by atoms with Crippen molar-refractivity contribution in [2.24, 2.45) is 17.8 Å². The van der Waals surface area contributed by atoms with Crippen LogP contribution < -0.4 is 0 Å². The van der Waals surface area contributed by atoms with Gasteiger partial charge >= 0.3 is 0 Å². The van der Waals surface area contributed by atoms with Crippen LogP contribution in [-0.4, -0.2) is 0 Å². The summed E-state index contributed by atoms with van der Waals surface area (Å²) in [4.78, 5) is 0. The summed E-state index contributed by atoms with van der Waals surface area (Å²) in [6.07, 6.45) is 18.8. The van der Waals surface area contributed by atoms with Gasteiger partial charge in [-0.2, -0.15) is 0 Å². The molecular formula is C26H41F. The number of hydrogen-bond donors (Lipinski definition) is 0. The van der Waals surface area contributed by atoms with Crippen LogP contribution in [0.4, 0.5) is 4.39 Å². The van der Waals surface area contributed by atoms with E-state index < -0.39 is 0 Å². The molecule has 1 aromatic rings. The van der Waals surface area contributed by atoms with Gasteiger partial charge in [-0.15, -0.1) is 0 Å². The standard InChI is InChI=1S/C26H41F/c1-3-5-6-8-20-9-11-21(12-10-20)22-13-15-23(16-14-22)25-18-17-24(7-4-2)26(27)19-25/h17-23H,3-16H2,1-2H3. The second kappa shape index (κ2) is 10.6. The smallest absolute Gasteiger partial charge is 0.126 e. The zero-order chi connectivity index (χ0) is 19.1. The summed E-state index contributed by atoms with van der Waals surface area (Å²) in [7, 11) is 0. The fourth-order valence-electron chi connectivity index (χ4n) is 5.84. The Morgan fingerprint density at radius 3 is 2.07 bits per heavy atom. The molecule has 2 saturated carbocycles. The molecule has 0 nitrogen and oxygen atoms in total. The lowest BCUT2D eigenvalue weighted by Crippen LogP contribution is -2.25. The van der Waals surface area contributed by atoms with Crippen molar-refractivity contribution in [2.75, 3.05) is 0 Å². The third kappa shape index (κ3) is 5.81. The molecule has 0 unspecified atom stereocenters. The topological polar surface area (TPSA) is 0 Å². The van der Waals surface area contributed by atoms with Gasteiger partial charge in [-0.1, -0.05) is 70.9 Å². The van der Waals surface area contributed by atoms with Crippen molar-refractivity contribution in [1.82, 2.24) is 0 Å². The van der Waals surface area contributed by atoms with Crippen LogP contribution in [0.15, 0.2) is 18.2 Å². The normalized spacial score (nSPS) is 29.0. The van der Waals surface area contributed by atoms with E-state index in [2.05, 4.69) is 19.9 Å². The quantitative estimate of drug-likeness (QED) is 0.402. The first kappa shape index (κ1) is 20.9. The molecule has 2 aliphatic carbocycles. The molecule has 0 atom stereocenters. The van der Waals surface area contributed by atoms with Gasteiger partial charge in [-0.25, -0.2) is 4.39 Å². The summed E-state index contributed by atoms with van der Waals surface area (Å²) in [6.45, 7) is 4.43. The Bertz CT molecular complexity index is 547. The molecular weight excluding hydrogens is 331 g/mol. The van der Waals surface area contributed by atoms with Gasteiger partial charge in [-0.3, -0.25) is 0 Å². The number of hydrogen-bond acceptors (Lipinski definition) is 0. The Labute approximate surface area is 167 Å². The highest BCUT2D eigenvalue weighted by Gasteiger charge is 2.31. The van der Waals surface area contributed by atoms with Crippen molar-refractivity contribution < 1.29 is 4.39 Å². The molecule has 0 N–H and O–H groups in total. The number of benzene rings is 1. The molecule has 1 aromatic carbocycles. The maximum atomic E-state index is 14.3. The van der Waals surface area contributed by atoms with E-state index >= 15 is 0 Å². The van der Waals surface area contributed by atoms with Crippen LogP contribution in [0.5, 0.6) is 0 Å². The lowest BCUT2D eigenvalue weighted by atomic mass is 9.68. The van der Waals surface area contributed by atoms with Crippen molar-refractivity contribution in [1.29, 1.82) is 0 Å². The first-order valence-corrected chi connectivity index (χ1v) is 12.0. The van der Waals surface area contributed by atoms with Gasteiger partial charge in [0.05, 0.1) is 0 Å². The molecule has 0 aromatic heterocycles. The average Bonchev–Trinajstić information content (AvgIpc) is 2.71. The van der Waals surface area contributed by atoms with E-state index in [1.165, 1.54) is 82.6 Å². The van der Waals surface area contributed by atoms with Crippen LogP contribution in [0.1, 0.15) is 114 Å². The number of halogens is 1. The first-order valence-electron chi connectivity index (χ1n) is 12.0. The maximum Gasteiger partial charge on any atom is 0.126 e. The van der Waals surface area contributed by atoms with Crippen LogP contribution in [0, 0.1) is 23.6 Å². The Morgan fingerprint density at radius 2 is 1.48 bits per heavy atom. The monoisotopic (exact) mass is 372 g/mol. The van der Waals surface area contributed by atoms with Gasteiger partial charge in [-0.05, 0) is 85.8 Å². The molecule has 0 heterocycles. The van der Waals surface area contributed by atoms with Crippen molar-refractivity contribution in [3.63, 3.8) is 0 Å². The molecule has 0 spiro atoms. The third-order valence-electron chi connectivity index (χ3n) is 7.61. The van der Waals surface area contributed by atoms with Crippen molar-refractivity contribution in [2.45, 2.75) is 110 Å². The Hall–Kier alpha value is -0.850. The minimum Gasteiger partial charge on any atom is -0.207 e. The number of aryl methyl sites for hydroxylation is 1. The van der Waals surface area contributed by atoms with Gasteiger partial charge in [0.1, 0.15) is 5.82 Å². The predicted octanol–water partition coefficient (Wildman–Crippen LogP) is 8.44. The van der Waals surface area contributed by atoms with Crippen molar-refractivity contribution in [3.05, 3.63) is 35.1 Å². The second-order valence-corrected chi connectivity index (χ2v) is 9.49. The average molecular weight is 373 g/mol. The molecule has 0 amide bonds. The van der Waals surface area contributed by atoms with E-state index in [1.54, 1.807) is 0 Å². The molecule has 1 heteroatoms. The van der Waals surface area contributed by atoms with E-state index in [1.807, 2.05) is 12.1 Å². The van der Waals surface area contributed by atoms with E-state index in [4.69, 9.17) is 0 Å². The SMILES string of the molecule is CCCCCC1CCC(C2CCC(c3ccc(CCC)c(F)c3)CC2)CC1. The highest BCUT2D eigenvalue weighted by Crippen LogP contribution is 2.44. The van der Waals surface area contributed by atoms with Gasteiger partial charge in [0.25, 0.3) is 0 Å². The highest BCUT2D eigenvalue weighted by atomic mass is 19.1. The van der Waals surface area contributed by atoms with Crippen molar-refractivity contribution in [3.8, 4) is 0 Å². The second-order valence-electron chi connectivity index (χ2n) is 9.49. The third-order valence-corrected chi connectivity index (χ3v) is 7.61. The fourth-order valence-corrected chi connectivity index (χ4v) is 5.84. The van der Waals surface area contributed by atoms with Crippen LogP contribution in [0.25, 0.3) is 0 Å². The maximum absolute atomic E-state index is 14.3. The van der Waals surface area contributed by atoms with Gasteiger partial charge < -0.3 is 0 Å². The van der Waals surface area contributed by atoms with E-state index in [0.717, 1.165) is 36.2 Å². The molecule has 2 aliphatic rings. The fraction of sp³-hybridized carbons (Fsp3) is 0.769. The van der Waals surface area contributed by atoms with E-state index in [-0.39, 0.29) is 5.82 Å². The van der Waals surface area contributed by atoms with Gasteiger partial charge in [0.2, 0.25) is 0 Å². The minimum absolute atomic E-state index is 0.0258. The molecule has 0 aliphatic heterocycles. The molecule has 0 radical (unpaired) electrons. The lowest BCUT2D eigenvalue weighted by molar-refractivity contribution is 0.155. The molecule has 2 fully saturated rings. The summed E-state index contributed by atoms with van der Waals surface area (Å²) < 4.78 is 14.3. The summed E-state index contributed by atoms with van der Waals surface area (Å²) in [5.41, 5.74) is 2.15. The number of unbranched alkanes of at least 4 members (excludes halogenated alkanes) is 2. The largest absolute Gasteiger partial charge is 0.207 e. The van der Waals surface area contributed by atoms with Crippen LogP contribution in [0.2, 0.25) is 0 Å².